The minimum atomic E-state index is -0.789. The molecule has 7 heteroatoms. The van der Waals surface area contributed by atoms with Gasteiger partial charge in [0.2, 0.25) is 0 Å². The number of anilines is 1. The number of hydrogen-bond donors (Lipinski definition) is 3. The smallest absolute Gasteiger partial charge is 0.405 e. The van der Waals surface area contributed by atoms with Gasteiger partial charge < -0.3 is 25.6 Å². The van der Waals surface area contributed by atoms with Gasteiger partial charge in [-0.15, -0.1) is 0 Å². The average molecular weight is 473 g/mol. The van der Waals surface area contributed by atoms with E-state index in [-0.39, 0.29) is 23.7 Å². The molecule has 1 heterocycles. The molecule has 0 saturated carbocycles. The van der Waals surface area contributed by atoms with Gasteiger partial charge in [-0.3, -0.25) is 4.79 Å². The number of fused-ring (bicyclic) bond motifs is 2. The van der Waals surface area contributed by atoms with Gasteiger partial charge in [-0.1, -0.05) is 26.0 Å². The first-order chi connectivity index (χ1) is 16.1. The van der Waals surface area contributed by atoms with Gasteiger partial charge in [0.1, 0.15) is 11.9 Å². The number of primary amides is 1. The number of aromatic hydroxyl groups is 1. The summed E-state index contributed by atoms with van der Waals surface area (Å²) >= 11 is 0. The van der Waals surface area contributed by atoms with E-state index in [0.717, 1.165) is 43.2 Å². The summed E-state index contributed by atoms with van der Waals surface area (Å²) in [7, 11) is 1.72. The summed E-state index contributed by atoms with van der Waals surface area (Å²) < 4.78 is 11.2. The van der Waals surface area contributed by atoms with Crippen molar-refractivity contribution in [1.82, 2.24) is 0 Å². The van der Waals surface area contributed by atoms with Crippen LogP contribution in [0, 0.1) is 11.8 Å². The molecule has 0 spiro atoms. The van der Waals surface area contributed by atoms with Crippen LogP contribution in [0.5, 0.6) is 5.75 Å². The number of phenolic OH excluding ortho intramolecular Hbond substituents is 1. The number of allylic oxidation sites excluding steroid dienone is 2. The molecule has 0 aliphatic carbocycles. The Balaban J connectivity index is 2.31. The van der Waals surface area contributed by atoms with Gasteiger partial charge in [0.25, 0.3) is 5.91 Å². The maximum Gasteiger partial charge on any atom is 0.405 e. The van der Waals surface area contributed by atoms with E-state index in [1.807, 2.05) is 26.0 Å². The summed E-state index contributed by atoms with van der Waals surface area (Å²) in [5, 5.41) is 13.1. The lowest BCUT2D eigenvalue weighted by Crippen LogP contribution is -2.29. The molecule has 1 aliphatic rings. The molecule has 2 amide bonds. The molecular weight excluding hydrogens is 432 g/mol. The Labute approximate surface area is 203 Å². The number of rotatable bonds is 2. The number of carbonyl (C=O) groups excluding carboxylic acids is 2. The van der Waals surface area contributed by atoms with Crippen LogP contribution in [-0.2, 0) is 20.7 Å². The molecule has 7 nitrogen and oxygen atoms in total. The number of phenols is 1. The van der Waals surface area contributed by atoms with E-state index < -0.39 is 12.2 Å². The van der Waals surface area contributed by atoms with Crippen molar-refractivity contribution in [2.45, 2.75) is 78.4 Å². The molecule has 2 rings (SSSR count). The van der Waals surface area contributed by atoms with Crippen molar-refractivity contribution in [3.63, 3.8) is 0 Å². The summed E-state index contributed by atoms with van der Waals surface area (Å²) in [6.45, 7) is 7.90. The zero-order valence-corrected chi connectivity index (χ0v) is 21.1. The van der Waals surface area contributed by atoms with Crippen LogP contribution in [0.3, 0.4) is 0 Å². The van der Waals surface area contributed by atoms with Crippen molar-refractivity contribution in [2.24, 2.45) is 17.6 Å². The fraction of sp³-hybridized carbons (Fsp3) is 0.556. The normalized spacial score (nSPS) is 28.7. The quantitative estimate of drug-likeness (QED) is 0.494. The van der Waals surface area contributed by atoms with E-state index in [1.54, 1.807) is 26.2 Å². The zero-order valence-electron chi connectivity index (χ0n) is 21.1. The highest BCUT2D eigenvalue weighted by atomic mass is 16.6. The second-order valence-electron chi connectivity index (χ2n) is 9.57. The molecule has 0 aromatic heterocycles. The Bertz CT molecular complexity index is 908. The molecule has 1 aromatic carbocycles. The van der Waals surface area contributed by atoms with Gasteiger partial charge in [-0.2, -0.15) is 0 Å². The van der Waals surface area contributed by atoms with Crippen LogP contribution in [0.1, 0.15) is 65.4 Å². The van der Waals surface area contributed by atoms with Gasteiger partial charge >= 0.3 is 6.09 Å². The number of carbonyl (C=O) groups is 2. The number of amides is 2. The van der Waals surface area contributed by atoms with E-state index in [4.69, 9.17) is 15.2 Å². The molecule has 0 saturated heterocycles. The Hall–Kier alpha value is -2.80. The Kier molecular flexibility index (Phi) is 10.6. The van der Waals surface area contributed by atoms with Crippen molar-refractivity contribution >= 4 is 17.7 Å². The van der Waals surface area contributed by atoms with Gasteiger partial charge in [0.05, 0.1) is 6.10 Å². The third-order valence-electron chi connectivity index (χ3n) is 6.41. The van der Waals surface area contributed by atoms with Crippen LogP contribution in [0.15, 0.2) is 41.5 Å². The Morgan fingerprint density at radius 3 is 2.50 bits per heavy atom. The maximum absolute atomic E-state index is 12.7. The lowest BCUT2D eigenvalue weighted by atomic mass is 9.91. The van der Waals surface area contributed by atoms with Gasteiger partial charge in [-0.05, 0) is 87.5 Å². The number of nitrogens with one attached hydrogen (secondary N) is 1. The number of hydrogen-bond acceptors (Lipinski definition) is 5. The van der Waals surface area contributed by atoms with E-state index >= 15 is 0 Å². The van der Waals surface area contributed by atoms with Crippen LogP contribution >= 0.6 is 0 Å². The summed E-state index contributed by atoms with van der Waals surface area (Å²) in [5.41, 5.74) is 8.44. The van der Waals surface area contributed by atoms with Crippen LogP contribution in [-0.4, -0.2) is 36.4 Å². The van der Waals surface area contributed by atoms with E-state index in [9.17, 15) is 14.7 Å². The van der Waals surface area contributed by atoms with Crippen molar-refractivity contribution in [3.05, 3.63) is 47.1 Å². The maximum atomic E-state index is 12.7. The van der Waals surface area contributed by atoms with E-state index in [2.05, 4.69) is 18.3 Å². The second kappa shape index (κ2) is 13.2. The van der Waals surface area contributed by atoms with Gasteiger partial charge in [0, 0.05) is 24.4 Å². The summed E-state index contributed by atoms with van der Waals surface area (Å²) in [6.07, 6.45) is 7.51. The van der Waals surface area contributed by atoms with Crippen molar-refractivity contribution in [3.8, 4) is 5.75 Å². The molecule has 0 fully saturated rings. The van der Waals surface area contributed by atoms with E-state index in [1.165, 1.54) is 0 Å². The largest absolute Gasteiger partial charge is 0.508 e. The minimum Gasteiger partial charge on any atom is -0.508 e. The lowest BCUT2D eigenvalue weighted by Gasteiger charge is -2.24. The minimum absolute atomic E-state index is 0.0322. The molecule has 4 N–H and O–H groups in total. The van der Waals surface area contributed by atoms with Crippen molar-refractivity contribution in [1.29, 1.82) is 0 Å². The Morgan fingerprint density at radius 2 is 1.82 bits per heavy atom. The second-order valence-corrected chi connectivity index (χ2v) is 9.57. The van der Waals surface area contributed by atoms with Crippen LogP contribution in [0.25, 0.3) is 0 Å². The van der Waals surface area contributed by atoms with Crippen molar-refractivity contribution < 1.29 is 24.2 Å². The van der Waals surface area contributed by atoms with Crippen LogP contribution < -0.4 is 11.1 Å². The summed E-state index contributed by atoms with van der Waals surface area (Å²) in [4.78, 5) is 24.2. The number of benzene rings is 1. The molecule has 2 bridgehead atoms. The first-order valence-electron chi connectivity index (χ1n) is 12.1. The zero-order chi connectivity index (χ0) is 25.3. The molecule has 4 atom stereocenters. The highest BCUT2D eigenvalue weighted by Gasteiger charge is 2.22. The van der Waals surface area contributed by atoms with Crippen LogP contribution in [0.2, 0.25) is 0 Å². The molecule has 34 heavy (non-hydrogen) atoms. The SMILES string of the molecule is CO[C@@H]1CC/C=C(\C)[C@H](OC(N)=O)C(C)CC/C=C(\C)C(=O)Nc2cc(O)cc(c2)C[C@@H](C)C1. The molecule has 0 radical (unpaired) electrons. The summed E-state index contributed by atoms with van der Waals surface area (Å²) in [5.74, 6) is 0.265. The summed E-state index contributed by atoms with van der Waals surface area (Å²) in [6, 6.07) is 5.21. The highest BCUT2D eigenvalue weighted by molar-refractivity contribution is 6.03. The average Bonchev–Trinajstić information content (AvgIpc) is 2.75. The van der Waals surface area contributed by atoms with E-state index in [0.29, 0.717) is 23.6 Å². The lowest BCUT2D eigenvalue weighted by molar-refractivity contribution is -0.112. The Morgan fingerprint density at radius 1 is 1.12 bits per heavy atom. The number of ether oxygens (including phenoxy) is 2. The van der Waals surface area contributed by atoms with Gasteiger partial charge in [-0.25, -0.2) is 4.79 Å². The van der Waals surface area contributed by atoms with Crippen molar-refractivity contribution in [2.75, 3.05) is 12.4 Å². The first kappa shape index (κ1) is 27.4. The monoisotopic (exact) mass is 472 g/mol. The molecule has 1 unspecified atom stereocenters. The fourth-order valence-corrected chi connectivity index (χ4v) is 4.56. The topological polar surface area (TPSA) is 111 Å². The molecule has 1 aromatic rings. The third-order valence-corrected chi connectivity index (χ3v) is 6.41. The fourth-order valence-electron chi connectivity index (χ4n) is 4.56. The highest BCUT2D eigenvalue weighted by Crippen LogP contribution is 2.26. The number of nitrogens with two attached hydrogens (primary N) is 1. The third kappa shape index (κ3) is 8.86. The predicted octanol–water partition coefficient (Wildman–Crippen LogP) is 5.48. The molecule has 1 aliphatic heterocycles. The standard InChI is InChI=1S/C27H40N2O5/c1-17-12-21-14-22(16-23(30)15-21)29-26(31)20(4)10-6-8-18(2)25(34-27(28)32)19(3)9-7-11-24(13-17)33-5/h9-10,14-18,24-25,30H,6-8,11-13H2,1-5H3,(H2,28,32)(H,29,31)/b19-9+,20-10+/t17-,18?,24-,25-/m1/s1. The number of methoxy groups -OCH3 is 1. The predicted molar refractivity (Wildman–Crippen MR) is 135 cm³/mol. The molecule has 188 valence electrons. The first-order valence-corrected chi connectivity index (χ1v) is 12.1. The molecular formula is C27H40N2O5. The van der Waals surface area contributed by atoms with Gasteiger partial charge in [0.15, 0.2) is 0 Å². The van der Waals surface area contributed by atoms with Crippen LogP contribution in [0.4, 0.5) is 10.5 Å².